The minimum Gasteiger partial charge on any atom is -0.414 e. The minimum absolute atomic E-state index is 0.0507. The maximum Gasteiger partial charge on any atom is 0.192 e. The summed E-state index contributed by atoms with van der Waals surface area (Å²) in [6.07, 6.45) is 7.31. The fourth-order valence-corrected chi connectivity index (χ4v) is 2.96. The Balaban J connectivity index is 2.14. The molecule has 1 N–H and O–H groups in total. The predicted molar refractivity (Wildman–Crippen MR) is 92.5 cm³/mol. The third kappa shape index (κ3) is 7.37. The number of ether oxygens (including phenoxy) is 2. The van der Waals surface area contributed by atoms with E-state index in [1.54, 1.807) is 0 Å². The van der Waals surface area contributed by atoms with Crippen LogP contribution in [0.3, 0.4) is 0 Å². The average molecular weight is 331 g/mol. The van der Waals surface area contributed by atoms with Crippen molar-refractivity contribution in [2.75, 3.05) is 19.8 Å². The van der Waals surface area contributed by atoms with Crippen LogP contribution in [0, 0.1) is 0 Å². The molecular formula is C17H34O4Si. The fourth-order valence-electron chi connectivity index (χ4n) is 1.92. The molecule has 1 unspecified atom stereocenters. The van der Waals surface area contributed by atoms with E-state index in [1.807, 2.05) is 12.2 Å². The molecule has 1 aliphatic heterocycles. The molecule has 0 radical (unpaired) electrons. The first-order valence-electron chi connectivity index (χ1n) is 8.42. The number of aliphatic hydroxyl groups excluding tert-OH is 1. The Kier molecular flexibility index (Phi) is 8.28. The van der Waals surface area contributed by atoms with Crippen LogP contribution in [0.1, 0.15) is 46.5 Å². The molecule has 2 atom stereocenters. The van der Waals surface area contributed by atoms with Crippen LogP contribution in [0.2, 0.25) is 18.1 Å². The zero-order chi connectivity index (χ0) is 16.6. The van der Waals surface area contributed by atoms with Crippen LogP contribution >= 0.6 is 0 Å². The number of aliphatic hydroxyl groups is 1. The maximum absolute atomic E-state index is 10.0. The molecule has 1 saturated heterocycles. The van der Waals surface area contributed by atoms with E-state index in [4.69, 9.17) is 13.9 Å². The van der Waals surface area contributed by atoms with Gasteiger partial charge >= 0.3 is 0 Å². The molecule has 1 fully saturated rings. The van der Waals surface area contributed by atoms with Crippen molar-refractivity contribution in [2.45, 2.75) is 77.0 Å². The summed E-state index contributed by atoms with van der Waals surface area (Å²) in [6.45, 7) is 12.8. The zero-order valence-corrected chi connectivity index (χ0v) is 15.9. The van der Waals surface area contributed by atoms with Crippen LogP contribution in [-0.4, -0.2) is 45.6 Å². The van der Waals surface area contributed by atoms with Gasteiger partial charge in [0, 0.05) is 6.61 Å². The summed E-state index contributed by atoms with van der Waals surface area (Å²) in [5.74, 6) is 0. The summed E-state index contributed by atoms with van der Waals surface area (Å²) in [4.78, 5) is 0. The molecule has 130 valence electrons. The lowest BCUT2D eigenvalue weighted by atomic mass is 10.2. The molecule has 0 amide bonds. The van der Waals surface area contributed by atoms with Crippen LogP contribution < -0.4 is 0 Å². The van der Waals surface area contributed by atoms with E-state index in [-0.39, 0.29) is 11.3 Å². The van der Waals surface area contributed by atoms with E-state index in [1.165, 1.54) is 6.42 Å². The molecule has 0 bridgehead atoms. The first kappa shape index (κ1) is 19.8. The van der Waals surface area contributed by atoms with Gasteiger partial charge in [-0.2, -0.15) is 0 Å². The zero-order valence-electron chi connectivity index (χ0n) is 14.9. The molecular weight excluding hydrogens is 296 g/mol. The van der Waals surface area contributed by atoms with Crippen LogP contribution in [0.25, 0.3) is 0 Å². The average Bonchev–Trinajstić information content (AvgIpc) is 2.45. The Hall–Kier alpha value is -0.203. The van der Waals surface area contributed by atoms with E-state index in [9.17, 15) is 5.11 Å². The van der Waals surface area contributed by atoms with Gasteiger partial charge in [-0.25, -0.2) is 0 Å². The lowest BCUT2D eigenvalue weighted by molar-refractivity contribution is -0.155. The normalized spacial score (nSPS) is 22.2. The van der Waals surface area contributed by atoms with Gasteiger partial charge in [0.1, 0.15) is 0 Å². The van der Waals surface area contributed by atoms with Crippen molar-refractivity contribution in [3.63, 3.8) is 0 Å². The van der Waals surface area contributed by atoms with Crippen molar-refractivity contribution >= 4 is 8.32 Å². The Morgan fingerprint density at radius 1 is 1.27 bits per heavy atom. The molecule has 0 spiro atoms. The van der Waals surface area contributed by atoms with Gasteiger partial charge in [-0.05, 0) is 43.8 Å². The van der Waals surface area contributed by atoms with Crippen molar-refractivity contribution in [1.29, 1.82) is 0 Å². The van der Waals surface area contributed by atoms with Gasteiger partial charge in [0.25, 0.3) is 0 Å². The van der Waals surface area contributed by atoms with Crippen molar-refractivity contribution in [1.82, 2.24) is 0 Å². The summed E-state index contributed by atoms with van der Waals surface area (Å²) >= 11 is 0. The molecule has 0 aromatic carbocycles. The first-order chi connectivity index (χ1) is 10.2. The van der Waals surface area contributed by atoms with E-state index in [0.29, 0.717) is 19.6 Å². The third-order valence-corrected chi connectivity index (χ3v) is 9.03. The summed E-state index contributed by atoms with van der Waals surface area (Å²) < 4.78 is 17.1. The van der Waals surface area contributed by atoms with Crippen LogP contribution in [0.5, 0.6) is 0 Å². The van der Waals surface area contributed by atoms with E-state index >= 15 is 0 Å². The molecule has 1 rings (SSSR count). The Labute approximate surface area is 137 Å². The molecule has 0 aliphatic carbocycles. The van der Waals surface area contributed by atoms with Crippen molar-refractivity contribution < 1.29 is 19.0 Å². The predicted octanol–water partition coefficient (Wildman–Crippen LogP) is 3.86. The summed E-state index contributed by atoms with van der Waals surface area (Å²) in [7, 11) is -1.77. The van der Waals surface area contributed by atoms with E-state index in [0.717, 1.165) is 19.4 Å². The minimum atomic E-state index is -1.77. The highest BCUT2D eigenvalue weighted by molar-refractivity contribution is 6.74. The third-order valence-electron chi connectivity index (χ3n) is 4.53. The Morgan fingerprint density at radius 2 is 2.00 bits per heavy atom. The first-order valence-corrected chi connectivity index (χ1v) is 11.3. The summed E-state index contributed by atoms with van der Waals surface area (Å²) in [5.41, 5.74) is 0. The van der Waals surface area contributed by atoms with E-state index < -0.39 is 14.4 Å². The van der Waals surface area contributed by atoms with E-state index in [2.05, 4.69) is 33.9 Å². The van der Waals surface area contributed by atoms with Gasteiger partial charge in [0.2, 0.25) is 0 Å². The van der Waals surface area contributed by atoms with Gasteiger partial charge in [-0.1, -0.05) is 32.9 Å². The monoisotopic (exact) mass is 330 g/mol. The summed E-state index contributed by atoms with van der Waals surface area (Å²) in [5, 5.41) is 10.2. The van der Waals surface area contributed by atoms with Gasteiger partial charge in [-0.3, -0.25) is 0 Å². The highest BCUT2D eigenvalue weighted by Gasteiger charge is 2.37. The number of hydrogen-bond acceptors (Lipinski definition) is 4. The van der Waals surface area contributed by atoms with Crippen LogP contribution in [-0.2, 0) is 13.9 Å². The smallest absolute Gasteiger partial charge is 0.192 e. The van der Waals surface area contributed by atoms with Crippen molar-refractivity contribution in [2.24, 2.45) is 0 Å². The highest BCUT2D eigenvalue weighted by Crippen LogP contribution is 2.36. The molecule has 5 heteroatoms. The molecule has 1 heterocycles. The van der Waals surface area contributed by atoms with Gasteiger partial charge < -0.3 is 19.0 Å². The molecule has 0 aromatic rings. The molecule has 0 saturated carbocycles. The van der Waals surface area contributed by atoms with Gasteiger partial charge in [0.05, 0.1) is 19.3 Å². The molecule has 0 aromatic heterocycles. The van der Waals surface area contributed by atoms with Gasteiger partial charge in [0.15, 0.2) is 14.6 Å². The van der Waals surface area contributed by atoms with Crippen molar-refractivity contribution in [3.05, 3.63) is 12.2 Å². The standard InChI is InChI=1S/C17H34O4Si/c1-17(2,3)22(4,5)21-14-15(18)10-6-8-12-19-16-11-7-9-13-20-16/h6,8,15-16,18H,7,9-14H2,1-5H3/b8-6+/t15-,16?/m0/s1. The largest absolute Gasteiger partial charge is 0.414 e. The molecule has 4 nitrogen and oxygen atoms in total. The summed E-state index contributed by atoms with van der Waals surface area (Å²) in [6, 6.07) is 0. The SMILES string of the molecule is CC(C)(C)[Si](C)(C)OC[C@@H](O)C/C=C/COC1CCCCO1. The Bertz CT molecular complexity index is 330. The fraction of sp³-hybridized carbons (Fsp3) is 0.882. The van der Waals surface area contributed by atoms with Crippen LogP contribution in [0.15, 0.2) is 12.2 Å². The lowest BCUT2D eigenvalue weighted by Gasteiger charge is -2.36. The number of hydrogen-bond donors (Lipinski definition) is 1. The molecule has 1 aliphatic rings. The Morgan fingerprint density at radius 3 is 2.59 bits per heavy atom. The molecule has 22 heavy (non-hydrogen) atoms. The number of rotatable bonds is 8. The highest BCUT2D eigenvalue weighted by atomic mass is 28.4. The second-order valence-electron chi connectivity index (χ2n) is 7.56. The van der Waals surface area contributed by atoms with Crippen LogP contribution in [0.4, 0.5) is 0 Å². The second-order valence-corrected chi connectivity index (χ2v) is 12.4. The maximum atomic E-state index is 10.0. The van der Waals surface area contributed by atoms with Gasteiger partial charge in [-0.15, -0.1) is 0 Å². The lowest BCUT2D eigenvalue weighted by Crippen LogP contribution is -2.42. The second kappa shape index (κ2) is 9.18. The topological polar surface area (TPSA) is 47.9 Å². The van der Waals surface area contributed by atoms with Crippen molar-refractivity contribution in [3.8, 4) is 0 Å². The quantitative estimate of drug-likeness (QED) is 0.542.